The van der Waals surface area contributed by atoms with Gasteiger partial charge in [0.25, 0.3) is 0 Å². The van der Waals surface area contributed by atoms with E-state index in [-0.39, 0.29) is 10.5 Å². The molecule has 2 rings (SSSR count). The minimum absolute atomic E-state index is 0.0373. The molecule has 0 saturated heterocycles. The number of aryl methyl sites for hydroxylation is 1. The van der Waals surface area contributed by atoms with E-state index in [0.717, 1.165) is 22.3 Å². The molecule has 2 aromatic heterocycles. The van der Waals surface area contributed by atoms with Crippen molar-refractivity contribution in [1.29, 1.82) is 0 Å². The third kappa shape index (κ3) is 2.99. The highest BCUT2D eigenvalue weighted by atomic mass is 32.1. The third-order valence-corrected chi connectivity index (χ3v) is 3.70. The van der Waals surface area contributed by atoms with E-state index in [1.165, 1.54) is 13.2 Å². The highest BCUT2D eigenvalue weighted by Crippen LogP contribution is 2.30. The maximum Gasteiger partial charge on any atom is 0.452 e. The summed E-state index contributed by atoms with van der Waals surface area (Å²) >= 11 is 5.02. The van der Waals surface area contributed by atoms with Crippen LogP contribution in [0, 0.1) is 4.77 Å². The van der Waals surface area contributed by atoms with Crippen molar-refractivity contribution in [3.8, 4) is 5.69 Å². The molecule has 0 aromatic carbocycles. The smallest absolute Gasteiger partial charge is 0.357 e. The van der Waals surface area contributed by atoms with Crippen LogP contribution in [0.4, 0.5) is 19.0 Å². The number of halogens is 3. The Bertz CT molecular complexity index is 698. The fraction of sp³-hybridized carbons (Fsp3) is 0.462. The molecule has 0 aliphatic carbocycles. The van der Waals surface area contributed by atoms with Gasteiger partial charge in [0.2, 0.25) is 10.6 Å². The topological polar surface area (TPSA) is 38.9 Å². The van der Waals surface area contributed by atoms with E-state index in [4.69, 9.17) is 12.2 Å². The Balaban J connectivity index is 2.51. The van der Waals surface area contributed by atoms with Crippen molar-refractivity contribution in [2.24, 2.45) is 7.05 Å². The molecule has 0 spiro atoms. The molecule has 0 saturated carbocycles. The highest BCUT2D eigenvalue weighted by Gasteiger charge is 2.38. The van der Waals surface area contributed by atoms with Gasteiger partial charge in [0.1, 0.15) is 5.82 Å². The van der Waals surface area contributed by atoms with Crippen LogP contribution in [-0.4, -0.2) is 32.4 Å². The third-order valence-electron chi connectivity index (χ3n) is 3.26. The van der Waals surface area contributed by atoms with Gasteiger partial charge in [-0.2, -0.15) is 13.2 Å². The molecule has 0 fully saturated rings. The normalized spacial score (nSPS) is 11.7. The number of aromatic nitrogens is 4. The number of hydrogen-bond acceptors (Lipinski definition) is 4. The van der Waals surface area contributed by atoms with E-state index in [1.54, 1.807) is 12.1 Å². The molecule has 2 heterocycles. The molecule has 9 heteroatoms. The summed E-state index contributed by atoms with van der Waals surface area (Å²) in [5.41, 5.74) is 0.237. The molecule has 0 unspecified atom stereocenters. The number of anilines is 1. The molecule has 120 valence electrons. The quantitative estimate of drug-likeness (QED) is 0.807. The Labute approximate surface area is 131 Å². The monoisotopic (exact) mass is 331 g/mol. The maximum atomic E-state index is 13.1. The van der Waals surface area contributed by atoms with Gasteiger partial charge in [0.05, 0.1) is 11.9 Å². The van der Waals surface area contributed by atoms with Crippen LogP contribution in [-0.2, 0) is 13.2 Å². The van der Waals surface area contributed by atoms with Crippen LogP contribution in [0.15, 0.2) is 18.3 Å². The Morgan fingerprint density at radius 1 is 1.23 bits per heavy atom. The van der Waals surface area contributed by atoms with Crippen LogP contribution in [0.3, 0.4) is 0 Å². The van der Waals surface area contributed by atoms with Crippen molar-refractivity contribution >= 4 is 18.0 Å². The summed E-state index contributed by atoms with van der Waals surface area (Å²) in [6, 6.07) is 3.24. The Morgan fingerprint density at radius 2 is 1.86 bits per heavy atom. The minimum Gasteiger partial charge on any atom is -0.357 e. The second kappa shape index (κ2) is 6.07. The van der Waals surface area contributed by atoms with Gasteiger partial charge >= 0.3 is 6.18 Å². The molecule has 0 atom stereocenters. The molecule has 0 aliphatic heterocycles. The summed E-state index contributed by atoms with van der Waals surface area (Å²) in [5.74, 6) is -0.352. The number of nitrogens with zero attached hydrogens (tertiary/aromatic N) is 5. The maximum absolute atomic E-state index is 13.1. The Morgan fingerprint density at radius 3 is 2.32 bits per heavy atom. The van der Waals surface area contributed by atoms with Gasteiger partial charge in [-0.3, -0.25) is 4.57 Å². The predicted molar refractivity (Wildman–Crippen MR) is 79.7 cm³/mol. The van der Waals surface area contributed by atoms with Crippen LogP contribution in [0.25, 0.3) is 5.69 Å². The number of rotatable bonds is 4. The summed E-state index contributed by atoms with van der Waals surface area (Å²) in [7, 11) is 1.38. The molecular formula is C13H16F3N5S. The van der Waals surface area contributed by atoms with E-state index >= 15 is 0 Å². The Kier molecular flexibility index (Phi) is 4.55. The molecule has 0 N–H and O–H groups in total. The van der Waals surface area contributed by atoms with Crippen LogP contribution in [0.2, 0.25) is 0 Å². The molecule has 0 aliphatic rings. The van der Waals surface area contributed by atoms with Crippen LogP contribution >= 0.6 is 12.2 Å². The van der Waals surface area contributed by atoms with E-state index in [1.807, 2.05) is 18.7 Å². The van der Waals surface area contributed by atoms with Gasteiger partial charge in [0.15, 0.2) is 0 Å². The second-order valence-electron chi connectivity index (χ2n) is 4.61. The zero-order valence-electron chi connectivity index (χ0n) is 12.4. The molecular weight excluding hydrogens is 315 g/mol. The molecule has 2 aromatic rings. The zero-order chi connectivity index (χ0) is 16.5. The van der Waals surface area contributed by atoms with E-state index in [0.29, 0.717) is 5.82 Å². The molecule has 0 radical (unpaired) electrons. The average Bonchev–Trinajstić information content (AvgIpc) is 2.77. The lowest BCUT2D eigenvalue weighted by Crippen LogP contribution is -2.23. The molecule has 0 bridgehead atoms. The average molecular weight is 331 g/mol. The largest absolute Gasteiger partial charge is 0.452 e. The minimum atomic E-state index is -4.59. The SMILES string of the molecule is CCN(CC)c1ccc(-n2c(C(F)(F)F)nn(C)c2=S)cn1. The van der Waals surface area contributed by atoms with E-state index < -0.39 is 12.0 Å². The first-order valence-electron chi connectivity index (χ1n) is 6.74. The van der Waals surface area contributed by atoms with E-state index in [2.05, 4.69) is 10.1 Å². The molecule has 22 heavy (non-hydrogen) atoms. The lowest BCUT2D eigenvalue weighted by atomic mass is 10.3. The van der Waals surface area contributed by atoms with Crippen LogP contribution in [0.5, 0.6) is 0 Å². The van der Waals surface area contributed by atoms with Gasteiger partial charge in [-0.1, -0.05) is 0 Å². The summed E-state index contributed by atoms with van der Waals surface area (Å²) in [5, 5.41) is 3.46. The fourth-order valence-corrected chi connectivity index (χ4v) is 2.36. The Hall–Kier alpha value is -1.90. The number of alkyl halides is 3. The van der Waals surface area contributed by atoms with Crippen LogP contribution < -0.4 is 4.90 Å². The van der Waals surface area contributed by atoms with Gasteiger partial charge in [-0.25, -0.2) is 9.67 Å². The van der Waals surface area contributed by atoms with Crippen LogP contribution in [0.1, 0.15) is 19.7 Å². The number of pyridine rings is 1. The first kappa shape index (κ1) is 16.5. The lowest BCUT2D eigenvalue weighted by molar-refractivity contribution is -0.146. The first-order valence-corrected chi connectivity index (χ1v) is 7.15. The highest BCUT2D eigenvalue weighted by molar-refractivity contribution is 7.71. The van der Waals surface area contributed by atoms with E-state index in [9.17, 15) is 13.2 Å². The zero-order valence-corrected chi connectivity index (χ0v) is 13.2. The second-order valence-corrected chi connectivity index (χ2v) is 4.97. The summed E-state index contributed by atoms with van der Waals surface area (Å²) in [6.45, 7) is 5.50. The van der Waals surface area contributed by atoms with Crippen molar-refractivity contribution in [2.45, 2.75) is 20.0 Å². The standard InChI is InChI=1S/C13H16F3N5S/c1-4-20(5-2)10-7-6-9(8-17-10)21-11(13(14,15)16)18-19(3)12(21)22/h6-8H,4-5H2,1-3H3. The van der Waals surface area contributed by atoms with Gasteiger partial charge in [-0.15, -0.1) is 5.10 Å². The lowest BCUT2D eigenvalue weighted by Gasteiger charge is -2.19. The van der Waals surface area contributed by atoms with Crippen molar-refractivity contribution in [2.75, 3.05) is 18.0 Å². The van der Waals surface area contributed by atoms with Gasteiger partial charge in [0, 0.05) is 20.1 Å². The predicted octanol–water partition coefficient (Wildman–Crippen LogP) is 3.20. The fourth-order valence-electron chi connectivity index (χ4n) is 2.13. The van der Waals surface area contributed by atoms with Crippen molar-refractivity contribution in [1.82, 2.24) is 19.3 Å². The summed E-state index contributed by atoms with van der Waals surface area (Å²) in [4.78, 5) is 6.22. The van der Waals surface area contributed by atoms with Crippen molar-refractivity contribution in [3.05, 3.63) is 28.9 Å². The van der Waals surface area contributed by atoms with Gasteiger partial charge < -0.3 is 4.90 Å². The number of hydrogen-bond donors (Lipinski definition) is 0. The first-order chi connectivity index (χ1) is 10.3. The summed E-state index contributed by atoms with van der Waals surface area (Å²) in [6.07, 6.45) is -3.22. The van der Waals surface area contributed by atoms with Crippen molar-refractivity contribution in [3.63, 3.8) is 0 Å². The molecule has 0 amide bonds. The summed E-state index contributed by atoms with van der Waals surface area (Å²) < 4.78 is 41.1. The van der Waals surface area contributed by atoms with Gasteiger partial charge in [-0.05, 0) is 38.2 Å². The molecule has 5 nitrogen and oxygen atoms in total. The van der Waals surface area contributed by atoms with Crippen molar-refractivity contribution < 1.29 is 13.2 Å².